The number of nitrogens with zero attached hydrogens (tertiary/aromatic N) is 1. The SMILES string of the molecule is CCCC1O[C@@H]2C[C@H]3[C@@H]4CCC5=CC(=O)C=C[C@]5(C)[C@H]4[C@@H](O)C[C@]3(C)[C@]2(C(=O)CO)O1.C[N+]1(C)C2CC(OC(=O)C(O)(c3cccs3)c3cccs3)CC1[C@@H]1O[C@H]21.OCc1cc([C@@H](O)CNCCCCCCOCCCCc2ccccc2)ccc1O.[Br-]. The number of aromatic hydroxyl groups is 1. The Kier molecular flexibility index (Phi) is 22.7. The van der Waals surface area contributed by atoms with E-state index in [1.54, 1.807) is 36.4 Å². The number of thiophene rings is 2. The molecule has 0 amide bonds. The van der Waals surface area contributed by atoms with Gasteiger partial charge in [-0.1, -0.05) is 100 Å². The molecule has 3 saturated carbocycles. The number of fused-ring (bicyclic) bond motifs is 12. The summed E-state index contributed by atoms with van der Waals surface area (Å²) in [7, 11) is 4.49. The highest BCUT2D eigenvalue weighted by Crippen LogP contribution is 2.70. The molecule has 2 aromatic carbocycles. The maximum atomic E-state index is 13.2. The average Bonchev–Trinajstić information content (AvgIpc) is 1.48. The van der Waals surface area contributed by atoms with Crippen LogP contribution >= 0.6 is 22.7 Å². The Hall–Kier alpha value is -4.03. The molecular formula is C69H93BrN2O14S2. The van der Waals surface area contributed by atoms with E-state index in [9.17, 15) is 45.0 Å². The predicted octanol–water partition coefficient (Wildman–Crippen LogP) is 6.17. The summed E-state index contributed by atoms with van der Waals surface area (Å²) < 4.78 is 31.0. The van der Waals surface area contributed by atoms with Crippen molar-refractivity contribution in [2.75, 3.05) is 47.0 Å². The molecule has 7 N–H and O–H groups in total. The van der Waals surface area contributed by atoms with Gasteiger partial charge in [0, 0.05) is 54.9 Å². The van der Waals surface area contributed by atoms with Gasteiger partial charge in [0.25, 0.3) is 0 Å². The van der Waals surface area contributed by atoms with Crippen molar-refractivity contribution in [3.8, 4) is 5.75 Å². The zero-order valence-corrected chi connectivity index (χ0v) is 54.9. The summed E-state index contributed by atoms with van der Waals surface area (Å²) in [5.41, 5.74) is -0.232. The molecule has 4 aliphatic heterocycles. The number of aryl methyl sites for hydroxylation is 1. The molecule has 7 fully saturated rings. The third-order valence-electron chi connectivity index (χ3n) is 21.0. The molecule has 19 heteroatoms. The minimum absolute atomic E-state index is 0. The number of hydrogen-bond acceptors (Lipinski definition) is 17. The summed E-state index contributed by atoms with van der Waals surface area (Å²) in [5.74, 6) is -0.481. The monoisotopic (exact) mass is 1320 g/mol. The smallest absolute Gasteiger partial charge is 0.349 e. The number of carbonyl (C=O) groups excluding carboxylic acids is 3. The highest BCUT2D eigenvalue weighted by molar-refractivity contribution is 7.12. The molecule has 0 spiro atoms. The summed E-state index contributed by atoms with van der Waals surface area (Å²) in [6.07, 6.45) is 17.6. The lowest BCUT2D eigenvalue weighted by Crippen LogP contribution is -3.00. The van der Waals surface area contributed by atoms with Gasteiger partial charge in [-0.15, -0.1) is 22.7 Å². The quantitative estimate of drug-likeness (QED) is 0.0180. The van der Waals surface area contributed by atoms with Crippen molar-refractivity contribution in [1.82, 2.24) is 5.32 Å². The van der Waals surface area contributed by atoms with Crippen molar-refractivity contribution in [3.63, 3.8) is 0 Å². The molecule has 4 unspecified atom stereocenters. The number of likely N-dealkylation sites (N-methyl/N-ethyl adjacent to an activating group) is 1. The van der Waals surface area contributed by atoms with Gasteiger partial charge in [-0.05, 0) is 141 Å². The molecule has 4 saturated heterocycles. The number of phenols is 1. The Balaban J connectivity index is 0.000000157. The fourth-order valence-electron chi connectivity index (χ4n) is 16.3. The first-order chi connectivity index (χ1) is 41.8. The van der Waals surface area contributed by atoms with Crippen LogP contribution in [0.5, 0.6) is 5.75 Å². The maximum Gasteiger partial charge on any atom is 0.349 e. The first-order valence-electron chi connectivity index (χ1n) is 31.9. The van der Waals surface area contributed by atoms with Crippen LogP contribution < -0.4 is 22.3 Å². The van der Waals surface area contributed by atoms with Crippen molar-refractivity contribution in [3.05, 3.63) is 134 Å². The molecule has 6 heterocycles. The van der Waals surface area contributed by atoms with E-state index in [2.05, 4.69) is 70.5 Å². The number of esters is 1. The third kappa shape index (κ3) is 13.7. The Morgan fingerprint density at radius 2 is 1.57 bits per heavy atom. The molecular weight excluding hydrogens is 1220 g/mol. The third-order valence-corrected chi connectivity index (χ3v) is 22.9. The van der Waals surface area contributed by atoms with E-state index in [0.29, 0.717) is 71.0 Å². The number of ether oxygens (including phenoxy) is 5. The van der Waals surface area contributed by atoms with Gasteiger partial charge < -0.3 is 81.1 Å². The number of nitrogens with one attached hydrogen (secondary N) is 1. The van der Waals surface area contributed by atoms with E-state index >= 15 is 0 Å². The minimum Gasteiger partial charge on any atom is -1.00 e. The summed E-state index contributed by atoms with van der Waals surface area (Å²) in [5, 5.41) is 68.8. The van der Waals surface area contributed by atoms with Crippen LogP contribution in [0.25, 0.3) is 0 Å². The number of halogens is 1. The van der Waals surface area contributed by atoms with Crippen molar-refractivity contribution in [2.24, 2.45) is 28.6 Å². The van der Waals surface area contributed by atoms with Crippen molar-refractivity contribution >= 4 is 40.2 Å². The van der Waals surface area contributed by atoms with Crippen LogP contribution in [0.3, 0.4) is 0 Å². The minimum atomic E-state index is -1.72. The second-order valence-corrected chi connectivity index (χ2v) is 28.3. The average molecular weight is 1320 g/mol. The van der Waals surface area contributed by atoms with E-state index in [4.69, 9.17) is 23.7 Å². The molecule has 4 aromatic rings. The van der Waals surface area contributed by atoms with Crippen molar-refractivity contribution in [2.45, 2.75) is 190 Å². The molecule has 0 radical (unpaired) electrons. The van der Waals surface area contributed by atoms with E-state index in [-0.39, 0.29) is 70.2 Å². The van der Waals surface area contributed by atoms with Gasteiger partial charge in [-0.3, -0.25) is 9.59 Å². The number of allylic oxidation sites excluding steroid dienone is 4. The Morgan fingerprint density at radius 3 is 2.22 bits per heavy atom. The molecule has 15 atom stereocenters. The van der Waals surface area contributed by atoms with Gasteiger partial charge in [0.1, 0.15) is 42.8 Å². The highest BCUT2D eigenvalue weighted by Gasteiger charge is 2.76. The van der Waals surface area contributed by atoms with Crippen LogP contribution in [-0.4, -0.2) is 154 Å². The summed E-state index contributed by atoms with van der Waals surface area (Å²) in [6, 6.07) is 23.4. The van der Waals surface area contributed by atoms with Crippen LogP contribution in [0.4, 0.5) is 0 Å². The summed E-state index contributed by atoms with van der Waals surface area (Å²) in [6.45, 7) is 8.45. The molecule has 482 valence electrons. The first kappa shape index (κ1) is 68.3. The van der Waals surface area contributed by atoms with Crippen LogP contribution in [0, 0.1) is 28.6 Å². The van der Waals surface area contributed by atoms with E-state index in [0.717, 1.165) is 100 Å². The number of rotatable bonds is 24. The van der Waals surface area contributed by atoms with Gasteiger partial charge in [0.2, 0.25) is 5.60 Å². The van der Waals surface area contributed by atoms with Crippen LogP contribution in [0.1, 0.15) is 143 Å². The number of epoxide rings is 1. The molecule has 88 heavy (non-hydrogen) atoms. The van der Waals surface area contributed by atoms with E-state index in [1.165, 1.54) is 40.7 Å². The Morgan fingerprint density at radius 1 is 0.886 bits per heavy atom. The number of quaternary nitrogens is 1. The Labute approximate surface area is 537 Å². The fraction of sp³-hybridized carbons (Fsp3) is 0.609. The fourth-order valence-corrected chi connectivity index (χ4v) is 18.1. The lowest BCUT2D eigenvalue weighted by molar-refractivity contribution is -0.938. The van der Waals surface area contributed by atoms with E-state index in [1.807, 2.05) is 29.0 Å². The van der Waals surface area contributed by atoms with Crippen LogP contribution in [0.2, 0.25) is 0 Å². The number of ketones is 2. The van der Waals surface area contributed by atoms with Crippen LogP contribution in [0.15, 0.2) is 107 Å². The maximum absolute atomic E-state index is 13.2. The van der Waals surface area contributed by atoms with E-state index < -0.39 is 53.8 Å². The zero-order valence-electron chi connectivity index (χ0n) is 51.7. The Bertz CT molecular complexity index is 2960. The molecule has 12 rings (SSSR count). The number of hydrogen-bond donors (Lipinski definition) is 7. The number of morpholine rings is 1. The number of carbonyl (C=O) groups is 3. The summed E-state index contributed by atoms with van der Waals surface area (Å²) in [4.78, 5) is 39.5. The predicted molar refractivity (Wildman–Crippen MR) is 332 cm³/mol. The highest BCUT2D eigenvalue weighted by atomic mass is 79.9. The number of unbranched alkanes of at least 4 members (excludes halogenated alkanes) is 4. The number of benzene rings is 2. The second-order valence-electron chi connectivity index (χ2n) is 26.5. The molecule has 4 aliphatic carbocycles. The van der Waals surface area contributed by atoms with Crippen LogP contribution in [-0.2, 0) is 56.7 Å². The van der Waals surface area contributed by atoms with Crippen molar-refractivity contribution in [1.29, 1.82) is 0 Å². The van der Waals surface area contributed by atoms with Gasteiger partial charge >= 0.3 is 5.97 Å². The molecule has 2 bridgehead atoms. The molecule has 2 aromatic heterocycles. The van der Waals surface area contributed by atoms with Gasteiger partial charge in [0.05, 0.1) is 48.8 Å². The topological polar surface area (TPSA) is 234 Å². The van der Waals surface area contributed by atoms with Gasteiger partial charge in [0.15, 0.2) is 23.5 Å². The number of aliphatic hydroxyl groups excluding tert-OH is 4. The number of aliphatic hydroxyl groups is 5. The second kappa shape index (κ2) is 29.3. The molecule has 8 aliphatic rings. The number of Topliss-reactive ketones (excluding diaryl/α,β-unsaturated/α-hetero) is 1. The lowest BCUT2D eigenvalue weighted by Gasteiger charge is -2.59. The largest absolute Gasteiger partial charge is 1.00 e. The van der Waals surface area contributed by atoms with Gasteiger partial charge in [-0.2, -0.15) is 0 Å². The van der Waals surface area contributed by atoms with Gasteiger partial charge in [-0.25, -0.2) is 4.79 Å². The van der Waals surface area contributed by atoms with Crippen molar-refractivity contribution < 1.29 is 90.2 Å². The first-order valence-corrected chi connectivity index (χ1v) is 33.6. The summed E-state index contributed by atoms with van der Waals surface area (Å²) >= 11 is 2.74. The number of piperidine rings is 1. The standard InChI is InChI=1S/C25H37NO4.C25H34O6.C19H22NO4S2.BrH/c27-20-23-18-22(13-14-24(23)28)25(29)19-26-15-7-1-2-8-16-30-17-9-6-12-21-10-4-3-5-11-21;1-4-5-21-30-20-11-17-16-7-6-14-10-15(27)8-9-23(14,2)22(16)18(28)12-24(17,3)25(20,31-21)19(29)13-26;1-20(2)12-9-11(10-13(20)17-16(12)24-17)23-18(21)19(22,14-5-3-7-25-14)15-6-4-8-26-15;/h3-5,10-11,13-14,18,25-29H,1-2,6-9,12,15-17,19-20H2;8-10,16-18,20-22,26,28H,4-7,11-13H2,1-3H3;3-8,11-13,16-17,22H,9-10H2,1-2H3;1H/q;;+1;/p-1/t25-;16-,17-,18-,20+,21?,22+,23-,24-,25+;11?,12?,13?,16-,17+;/m00../s1. The lowest BCUT2D eigenvalue weighted by atomic mass is 9.46. The molecule has 16 nitrogen and oxygen atoms in total. The normalized spacial score (nSPS) is 32.0. The zero-order chi connectivity index (χ0) is 61.7.